The third kappa shape index (κ3) is 1.63. The zero-order valence-corrected chi connectivity index (χ0v) is 9.45. The fourth-order valence-corrected chi connectivity index (χ4v) is 3.90. The van der Waals surface area contributed by atoms with Crippen LogP contribution < -0.4 is 0 Å². The predicted octanol–water partition coefficient (Wildman–Crippen LogP) is 2.23. The summed E-state index contributed by atoms with van der Waals surface area (Å²) in [5.41, 5.74) is 0. The lowest BCUT2D eigenvalue weighted by molar-refractivity contribution is -0.128. The first kappa shape index (κ1) is 9.83. The normalized spacial score (nSPS) is 42.1. The molecular formula is C13H21NO. The summed E-state index contributed by atoms with van der Waals surface area (Å²) in [4.78, 5) is 14.6. The summed E-state index contributed by atoms with van der Waals surface area (Å²) in [5.74, 6) is 1.48. The van der Waals surface area contributed by atoms with Gasteiger partial charge in [-0.15, -0.1) is 0 Å². The van der Waals surface area contributed by atoms with Gasteiger partial charge in [0.15, 0.2) is 0 Å². The maximum Gasteiger partial charge on any atom is 0.140 e. The number of fused-ring (bicyclic) bond motifs is 2. The molecule has 2 bridgehead atoms. The number of piperidine rings is 1. The first-order valence-corrected chi connectivity index (χ1v) is 6.64. The van der Waals surface area contributed by atoms with Crippen LogP contribution in [0.2, 0.25) is 0 Å². The van der Waals surface area contributed by atoms with Gasteiger partial charge in [-0.3, -0.25) is 9.69 Å². The van der Waals surface area contributed by atoms with Crippen molar-refractivity contribution in [3.63, 3.8) is 0 Å². The van der Waals surface area contributed by atoms with Crippen LogP contribution in [0.4, 0.5) is 0 Å². The van der Waals surface area contributed by atoms with Crippen molar-refractivity contribution in [2.24, 2.45) is 11.8 Å². The zero-order chi connectivity index (χ0) is 10.3. The summed E-state index contributed by atoms with van der Waals surface area (Å²) < 4.78 is 0. The highest BCUT2D eigenvalue weighted by molar-refractivity contribution is 5.86. The fraction of sp³-hybridized carbons (Fsp3) is 0.923. The molecule has 0 unspecified atom stereocenters. The summed E-state index contributed by atoms with van der Waals surface area (Å²) in [6, 6.07) is 0.622. The van der Waals surface area contributed by atoms with Crippen LogP contribution in [0.15, 0.2) is 0 Å². The number of carbonyl (C=O) groups excluding carboxylic acids is 1. The molecule has 15 heavy (non-hydrogen) atoms. The van der Waals surface area contributed by atoms with Crippen LogP contribution in [-0.2, 0) is 4.79 Å². The molecule has 0 aromatic heterocycles. The number of likely N-dealkylation sites (tertiary alicyclic amines) is 1. The molecule has 0 aromatic carbocycles. The number of carbonyl (C=O) groups is 1. The van der Waals surface area contributed by atoms with E-state index in [1.54, 1.807) is 0 Å². The number of ketones is 1. The molecular weight excluding hydrogens is 186 g/mol. The third-order valence-electron chi connectivity index (χ3n) is 4.73. The van der Waals surface area contributed by atoms with Crippen molar-refractivity contribution in [2.45, 2.75) is 51.0 Å². The molecule has 2 heteroatoms. The van der Waals surface area contributed by atoms with Gasteiger partial charge >= 0.3 is 0 Å². The molecule has 0 N–H and O–H groups in total. The van der Waals surface area contributed by atoms with E-state index in [1.165, 1.54) is 58.0 Å². The van der Waals surface area contributed by atoms with Crippen LogP contribution in [0.25, 0.3) is 0 Å². The molecule has 0 amide bonds. The van der Waals surface area contributed by atoms with E-state index in [1.807, 2.05) is 0 Å². The average molecular weight is 207 g/mol. The molecule has 1 saturated heterocycles. The van der Waals surface area contributed by atoms with Crippen molar-refractivity contribution in [1.82, 2.24) is 4.90 Å². The standard InChI is InChI=1S/C13H21NO/c15-13-10-4-6-11(13)12(7-5-10)14-8-2-1-3-9-14/h10-12H,1-9H2/t10-,11+,12+/m1/s1. The van der Waals surface area contributed by atoms with Crippen molar-refractivity contribution >= 4 is 5.78 Å². The van der Waals surface area contributed by atoms with Crippen LogP contribution in [0.5, 0.6) is 0 Å². The Bertz CT molecular complexity index is 257. The molecule has 84 valence electrons. The lowest BCUT2D eigenvalue weighted by atomic mass is 9.82. The monoisotopic (exact) mass is 207 g/mol. The smallest absolute Gasteiger partial charge is 0.140 e. The molecule has 3 aliphatic rings. The Labute approximate surface area is 92.0 Å². The summed E-state index contributed by atoms with van der Waals surface area (Å²) in [5, 5.41) is 0. The molecule has 1 heterocycles. The van der Waals surface area contributed by atoms with E-state index in [4.69, 9.17) is 0 Å². The maximum atomic E-state index is 12.0. The molecule has 0 aromatic rings. The number of nitrogens with zero attached hydrogens (tertiary/aromatic N) is 1. The molecule has 0 radical (unpaired) electrons. The highest BCUT2D eigenvalue weighted by atomic mass is 16.1. The number of hydrogen-bond donors (Lipinski definition) is 0. The van der Waals surface area contributed by atoms with Crippen LogP contribution in [0, 0.1) is 11.8 Å². The summed E-state index contributed by atoms with van der Waals surface area (Å²) >= 11 is 0. The summed E-state index contributed by atoms with van der Waals surface area (Å²) in [6.45, 7) is 2.50. The van der Waals surface area contributed by atoms with Crippen LogP contribution in [0.1, 0.15) is 44.9 Å². The molecule has 2 aliphatic carbocycles. The minimum Gasteiger partial charge on any atom is -0.300 e. The fourth-order valence-electron chi connectivity index (χ4n) is 3.90. The lowest BCUT2D eigenvalue weighted by Crippen LogP contribution is -2.47. The van der Waals surface area contributed by atoms with Crippen molar-refractivity contribution < 1.29 is 4.79 Å². The summed E-state index contributed by atoms with van der Waals surface area (Å²) in [6.07, 6.45) is 8.93. The van der Waals surface area contributed by atoms with Gasteiger partial charge in [-0.05, 0) is 51.6 Å². The van der Waals surface area contributed by atoms with E-state index in [9.17, 15) is 4.79 Å². The highest BCUT2D eigenvalue weighted by Crippen LogP contribution is 2.41. The second kappa shape index (κ2) is 3.89. The Morgan fingerprint density at radius 1 is 0.933 bits per heavy atom. The zero-order valence-electron chi connectivity index (χ0n) is 9.45. The Morgan fingerprint density at radius 3 is 2.47 bits per heavy atom. The van der Waals surface area contributed by atoms with Gasteiger partial charge in [0.25, 0.3) is 0 Å². The van der Waals surface area contributed by atoms with Crippen molar-refractivity contribution in [1.29, 1.82) is 0 Å². The second-order valence-corrected chi connectivity index (χ2v) is 5.52. The van der Waals surface area contributed by atoms with Gasteiger partial charge in [0, 0.05) is 17.9 Å². The van der Waals surface area contributed by atoms with Gasteiger partial charge in [0.2, 0.25) is 0 Å². The first-order chi connectivity index (χ1) is 7.36. The topological polar surface area (TPSA) is 20.3 Å². The largest absolute Gasteiger partial charge is 0.300 e. The van der Waals surface area contributed by atoms with Crippen LogP contribution in [-0.4, -0.2) is 29.8 Å². The third-order valence-corrected chi connectivity index (χ3v) is 4.73. The maximum absolute atomic E-state index is 12.0. The SMILES string of the molecule is O=C1[C@@H]2CC[C@H]1[C@@H](N1CCCCC1)CC2. The molecule has 1 aliphatic heterocycles. The van der Waals surface area contributed by atoms with Crippen LogP contribution in [0.3, 0.4) is 0 Å². The highest BCUT2D eigenvalue weighted by Gasteiger charge is 2.44. The average Bonchev–Trinajstić information content (AvgIpc) is 2.54. The molecule has 2 nitrogen and oxygen atoms in total. The number of hydrogen-bond acceptors (Lipinski definition) is 2. The molecule has 3 atom stereocenters. The Kier molecular flexibility index (Phi) is 2.55. The second-order valence-electron chi connectivity index (χ2n) is 5.52. The summed E-state index contributed by atoms with van der Waals surface area (Å²) in [7, 11) is 0. The van der Waals surface area contributed by atoms with Crippen LogP contribution >= 0.6 is 0 Å². The molecule has 3 fully saturated rings. The Hall–Kier alpha value is -0.370. The van der Waals surface area contributed by atoms with Crippen molar-refractivity contribution in [3.8, 4) is 0 Å². The van der Waals surface area contributed by atoms with E-state index in [2.05, 4.69) is 4.90 Å². The van der Waals surface area contributed by atoms with Crippen molar-refractivity contribution in [2.75, 3.05) is 13.1 Å². The van der Waals surface area contributed by atoms with Gasteiger partial charge in [-0.2, -0.15) is 0 Å². The minimum absolute atomic E-state index is 0.418. The molecule has 2 saturated carbocycles. The quantitative estimate of drug-likeness (QED) is 0.657. The minimum atomic E-state index is 0.418. The molecule has 3 rings (SSSR count). The van der Waals surface area contributed by atoms with E-state index >= 15 is 0 Å². The predicted molar refractivity (Wildman–Crippen MR) is 59.7 cm³/mol. The van der Waals surface area contributed by atoms with E-state index < -0.39 is 0 Å². The number of rotatable bonds is 1. The molecule has 0 spiro atoms. The van der Waals surface area contributed by atoms with Crippen molar-refractivity contribution in [3.05, 3.63) is 0 Å². The van der Waals surface area contributed by atoms with E-state index in [0.29, 0.717) is 23.7 Å². The number of Topliss-reactive ketones (excluding diaryl/α,β-unsaturated/α-hetero) is 1. The van der Waals surface area contributed by atoms with E-state index in [0.717, 1.165) is 0 Å². The van der Waals surface area contributed by atoms with E-state index in [-0.39, 0.29) is 0 Å². The van der Waals surface area contributed by atoms with Gasteiger partial charge in [0.1, 0.15) is 5.78 Å². The van der Waals surface area contributed by atoms with Gasteiger partial charge in [-0.1, -0.05) is 6.42 Å². The Morgan fingerprint density at radius 2 is 1.67 bits per heavy atom. The lowest BCUT2D eigenvalue weighted by Gasteiger charge is -2.39. The van der Waals surface area contributed by atoms with Gasteiger partial charge < -0.3 is 0 Å². The Balaban J connectivity index is 1.72. The first-order valence-electron chi connectivity index (χ1n) is 6.64. The van der Waals surface area contributed by atoms with Gasteiger partial charge in [-0.25, -0.2) is 0 Å². The van der Waals surface area contributed by atoms with Gasteiger partial charge in [0.05, 0.1) is 0 Å².